The van der Waals surface area contributed by atoms with Crippen LogP contribution in [0.4, 0.5) is 0 Å². The number of hydrogen-bond acceptors (Lipinski definition) is 1. The van der Waals surface area contributed by atoms with Crippen LogP contribution in [0.5, 0.6) is 0 Å². The lowest BCUT2D eigenvalue weighted by Crippen LogP contribution is -2.19. The molecule has 0 aromatic heterocycles. The normalized spacial score (nSPS) is 12.7. The maximum atomic E-state index is 3.53. The average molecular weight is 191 g/mol. The van der Waals surface area contributed by atoms with Gasteiger partial charge < -0.3 is 5.32 Å². The van der Waals surface area contributed by atoms with Crippen molar-refractivity contribution < 1.29 is 0 Å². The highest BCUT2D eigenvalue weighted by molar-refractivity contribution is 5.17. The lowest BCUT2D eigenvalue weighted by molar-refractivity contribution is 0.544. The van der Waals surface area contributed by atoms with Crippen LogP contribution in [-0.4, -0.2) is 6.54 Å². The zero-order chi connectivity index (χ0) is 10.2. The van der Waals surface area contributed by atoms with Gasteiger partial charge in [0.1, 0.15) is 0 Å². The van der Waals surface area contributed by atoms with Crippen molar-refractivity contribution in [2.45, 2.75) is 39.2 Å². The fourth-order valence-electron chi connectivity index (χ4n) is 1.55. The van der Waals surface area contributed by atoms with E-state index in [4.69, 9.17) is 0 Å². The van der Waals surface area contributed by atoms with E-state index in [-0.39, 0.29) is 0 Å². The summed E-state index contributed by atoms with van der Waals surface area (Å²) in [4.78, 5) is 0. The summed E-state index contributed by atoms with van der Waals surface area (Å²) in [5, 5.41) is 3.53. The third kappa shape index (κ3) is 3.93. The minimum absolute atomic E-state index is 0.480. The first-order valence-corrected chi connectivity index (χ1v) is 5.63. The van der Waals surface area contributed by atoms with Gasteiger partial charge in [-0.2, -0.15) is 0 Å². The van der Waals surface area contributed by atoms with Crippen molar-refractivity contribution in [2.75, 3.05) is 6.54 Å². The van der Waals surface area contributed by atoms with Gasteiger partial charge >= 0.3 is 0 Å². The summed E-state index contributed by atoms with van der Waals surface area (Å²) < 4.78 is 0. The molecular formula is C13H21N. The van der Waals surface area contributed by atoms with E-state index in [9.17, 15) is 0 Å². The van der Waals surface area contributed by atoms with Crippen LogP contribution in [0.3, 0.4) is 0 Å². The van der Waals surface area contributed by atoms with Gasteiger partial charge in [0.15, 0.2) is 0 Å². The molecule has 0 unspecified atom stereocenters. The summed E-state index contributed by atoms with van der Waals surface area (Å²) >= 11 is 0. The molecule has 0 aliphatic rings. The van der Waals surface area contributed by atoms with Gasteiger partial charge in [-0.25, -0.2) is 0 Å². The largest absolute Gasteiger partial charge is 0.310 e. The maximum absolute atomic E-state index is 3.53. The first-order chi connectivity index (χ1) is 6.84. The average Bonchev–Trinajstić information content (AvgIpc) is 2.25. The molecule has 0 bridgehead atoms. The Labute approximate surface area is 87.5 Å². The van der Waals surface area contributed by atoms with Crippen LogP contribution in [-0.2, 0) is 0 Å². The van der Waals surface area contributed by atoms with Crippen LogP contribution in [0.25, 0.3) is 0 Å². The summed E-state index contributed by atoms with van der Waals surface area (Å²) in [5.41, 5.74) is 1.38. The predicted molar refractivity (Wildman–Crippen MR) is 62.4 cm³/mol. The molecule has 0 spiro atoms. The van der Waals surface area contributed by atoms with Gasteiger partial charge in [-0.15, -0.1) is 0 Å². The van der Waals surface area contributed by atoms with Gasteiger partial charge in [0.25, 0.3) is 0 Å². The minimum Gasteiger partial charge on any atom is -0.310 e. The van der Waals surface area contributed by atoms with Crippen molar-refractivity contribution in [3.63, 3.8) is 0 Å². The Balaban J connectivity index is 2.25. The van der Waals surface area contributed by atoms with Crippen molar-refractivity contribution in [2.24, 2.45) is 0 Å². The fourth-order valence-corrected chi connectivity index (χ4v) is 1.55. The SMILES string of the molecule is CCCCCN[C@H](C)c1ccccc1. The molecule has 0 amide bonds. The molecule has 14 heavy (non-hydrogen) atoms. The highest BCUT2D eigenvalue weighted by atomic mass is 14.9. The van der Waals surface area contributed by atoms with Gasteiger partial charge in [0.2, 0.25) is 0 Å². The highest BCUT2D eigenvalue weighted by Crippen LogP contribution is 2.10. The van der Waals surface area contributed by atoms with Crippen LogP contribution >= 0.6 is 0 Å². The number of unbranched alkanes of at least 4 members (excludes halogenated alkanes) is 2. The second-order valence-electron chi connectivity index (χ2n) is 3.79. The topological polar surface area (TPSA) is 12.0 Å². The fraction of sp³-hybridized carbons (Fsp3) is 0.538. The van der Waals surface area contributed by atoms with Gasteiger partial charge in [0, 0.05) is 6.04 Å². The Bertz CT molecular complexity index is 230. The van der Waals surface area contributed by atoms with Crippen molar-refractivity contribution in [3.8, 4) is 0 Å². The van der Waals surface area contributed by atoms with E-state index < -0.39 is 0 Å². The first kappa shape index (κ1) is 11.3. The molecule has 0 fully saturated rings. The molecule has 1 aromatic rings. The standard InChI is InChI=1S/C13H21N/c1-3-4-8-11-14-12(2)13-9-6-5-7-10-13/h5-7,9-10,12,14H,3-4,8,11H2,1-2H3/t12-/m1/s1. The highest BCUT2D eigenvalue weighted by Gasteiger charge is 2.01. The van der Waals surface area contributed by atoms with Crippen LogP contribution in [0, 0.1) is 0 Å². The molecular weight excluding hydrogens is 170 g/mol. The van der Waals surface area contributed by atoms with Crippen molar-refractivity contribution in [3.05, 3.63) is 35.9 Å². The molecule has 0 radical (unpaired) electrons. The van der Waals surface area contributed by atoms with E-state index in [1.807, 2.05) is 0 Å². The summed E-state index contributed by atoms with van der Waals surface area (Å²) in [5.74, 6) is 0. The second-order valence-corrected chi connectivity index (χ2v) is 3.79. The van der Waals surface area contributed by atoms with Gasteiger partial charge in [-0.3, -0.25) is 0 Å². The van der Waals surface area contributed by atoms with Gasteiger partial charge in [-0.05, 0) is 25.5 Å². The molecule has 0 aliphatic heterocycles. The van der Waals surface area contributed by atoms with Crippen molar-refractivity contribution in [1.29, 1.82) is 0 Å². The van der Waals surface area contributed by atoms with Crippen LogP contribution in [0.2, 0.25) is 0 Å². The molecule has 1 atom stereocenters. The maximum Gasteiger partial charge on any atom is 0.0291 e. The molecule has 1 rings (SSSR count). The number of nitrogens with one attached hydrogen (secondary N) is 1. The van der Waals surface area contributed by atoms with E-state index in [1.54, 1.807) is 0 Å². The van der Waals surface area contributed by atoms with Gasteiger partial charge in [0.05, 0.1) is 0 Å². The number of rotatable bonds is 6. The minimum atomic E-state index is 0.480. The predicted octanol–water partition coefficient (Wildman–Crippen LogP) is 3.53. The van der Waals surface area contributed by atoms with Crippen LogP contribution in [0.15, 0.2) is 30.3 Å². The quantitative estimate of drug-likeness (QED) is 0.678. The van der Waals surface area contributed by atoms with Gasteiger partial charge in [-0.1, -0.05) is 50.1 Å². The molecule has 0 saturated carbocycles. The van der Waals surface area contributed by atoms with E-state index in [2.05, 4.69) is 49.5 Å². The second kappa shape index (κ2) is 6.61. The summed E-state index contributed by atoms with van der Waals surface area (Å²) in [6, 6.07) is 11.1. The third-order valence-corrected chi connectivity index (χ3v) is 2.53. The smallest absolute Gasteiger partial charge is 0.0291 e. The molecule has 1 aromatic carbocycles. The van der Waals surface area contributed by atoms with E-state index >= 15 is 0 Å². The first-order valence-electron chi connectivity index (χ1n) is 5.63. The lowest BCUT2D eigenvalue weighted by Gasteiger charge is -2.13. The Hall–Kier alpha value is -0.820. The lowest BCUT2D eigenvalue weighted by atomic mass is 10.1. The summed E-state index contributed by atoms with van der Waals surface area (Å²) in [6.07, 6.45) is 3.91. The van der Waals surface area contributed by atoms with E-state index in [0.717, 1.165) is 6.54 Å². The van der Waals surface area contributed by atoms with E-state index in [0.29, 0.717) is 6.04 Å². The van der Waals surface area contributed by atoms with Crippen molar-refractivity contribution in [1.82, 2.24) is 5.32 Å². The van der Waals surface area contributed by atoms with E-state index in [1.165, 1.54) is 24.8 Å². The monoisotopic (exact) mass is 191 g/mol. The third-order valence-electron chi connectivity index (χ3n) is 2.53. The molecule has 1 nitrogen and oxygen atoms in total. The molecule has 0 saturated heterocycles. The zero-order valence-corrected chi connectivity index (χ0v) is 9.29. The number of benzene rings is 1. The molecule has 1 heteroatoms. The summed E-state index contributed by atoms with van der Waals surface area (Å²) in [6.45, 7) is 5.59. The molecule has 1 N–H and O–H groups in total. The zero-order valence-electron chi connectivity index (χ0n) is 9.29. The Morgan fingerprint density at radius 1 is 1.14 bits per heavy atom. The number of hydrogen-bond donors (Lipinski definition) is 1. The van der Waals surface area contributed by atoms with Crippen LogP contribution < -0.4 is 5.32 Å². The summed E-state index contributed by atoms with van der Waals surface area (Å²) in [7, 11) is 0. The molecule has 0 aliphatic carbocycles. The van der Waals surface area contributed by atoms with Crippen molar-refractivity contribution >= 4 is 0 Å². The Morgan fingerprint density at radius 3 is 2.50 bits per heavy atom. The Kier molecular flexibility index (Phi) is 5.31. The molecule has 78 valence electrons. The molecule has 0 heterocycles. The Morgan fingerprint density at radius 2 is 1.86 bits per heavy atom. The van der Waals surface area contributed by atoms with Crippen LogP contribution in [0.1, 0.15) is 44.7 Å².